The smallest absolute Gasteiger partial charge is 0.414 e. The minimum atomic E-state index is -3.22. The van der Waals surface area contributed by atoms with Crippen molar-refractivity contribution in [1.29, 1.82) is 0 Å². The van der Waals surface area contributed by atoms with E-state index in [0.29, 0.717) is 28.2 Å². The second-order valence-corrected chi connectivity index (χ2v) is 10.0. The van der Waals surface area contributed by atoms with E-state index in [-0.39, 0.29) is 24.9 Å². The van der Waals surface area contributed by atoms with Crippen LogP contribution in [0.15, 0.2) is 47.7 Å². The number of benzene rings is 1. The second kappa shape index (κ2) is 9.21. The average molecular weight is 488 g/mol. The lowest BCUT2D eigenvalue weighted by Crippen LogP contribution is -2.33. The van der Waals surface area contributed by atoms with E-state index in [9.17, 15) is 18.0 Å². The van der Waals surface area contributed by atoms with Gasteiger partial charge in [0, 0.05) is 42.9 Å². The zero-order chi connectivity index (χ0) is 24.5. The number of hydrogen-bond donors (Lipinski definition) is 1. The van der Waals surface area contributed by atoms with Crippen LogP contribution in [0.25, 0.3) is 16.8 Å². The predicted octanol–water partition coefficient (Wildman–Crippen LogP) is 2.02. The second-order valence-electron chi connectivity index (χ2n) is 7.93. The highest BCUT2D eigenvalue weighted by Gasteiger charge is 2.32. The molecule has 1 aliphatic rings. The standard InChI is InChI=1S/C22H22FN5O5S/c1-14(29)25-9-18-12-28(22(30)33-18)17-4-5-19(20(23)7-17)15-3-6-21-26-16(11-27(21)10-15)8-24-13-34(2,31)32/h3-8,10-11,18H,9,12-13H2,1-2H3,(H,25,29)/b24-8+/t18-/m0/s1. The van der Waals surface area contributed by atoms with Crippen LogP contribution >= 0.6 is 0 Å². The van der Waals surface area contributed by atoms with Gasteiger partial charge in [0.15, 0.2) is 9.84 Å². The van der Waals surface area contributed by atoms with Gasteiger partial charge < -0.3 is 14.5 Å². The van der Waals surface area contributed by atoms with Crippen molar-refractivity contribution in [2.24, 2.45) is 4.99 Å². The van der Waals surface area contributed by atoms with Crippen molar-refractivity contribution in [2.75, 3.05) is 30.1 Å². The largest absolute Gasteiger partial charge is 0.442 e. The Labute approximate surface area is 195 Å². The molecule has 0 spiro atoms. The van der Waals surface area contributed by atoms with Crippen molar-refractivity contribution in [3.8, 4) is 11.1 Å². The molecule has 1 fully saturated rings. The normalized spacial score (nSPS) is 16.4. The summed E-state index contributed by atoms with van der Waals surface area (Å²) in [7, 11) is -3.22. The monoisotopic (exact) mass is 487 g/mol. The number of nitrogens with one attached hydrogen (secondary N) is 1. The van der Waals surface area contributed by atoms with Crippen LogP contribution < -0.4 is 10.2 Å². The Morgan fingerprint density at radius 1 is 1.32 bits per heavy atom. The summed E-state index contributed by atoms with van der Waals surface area (Å²) in [4.78, 5) is 32.8. The van der Waals surface area contributed by atoms with Gasteiger partial charge in [0.2, 0.25) is 5.91 Å². The third-order valence-corrected chi connectivity index (χ3v) is 5.65. The van der Waals surface area contributed by atoms with E-state index in [0.717, 1.165) is 6.26 Å². The Morgan fingerprint density at radius 3 is 2.82 bits per heavy atom. The number of ether oxygens (including phenoxy) is 1. The molecule has 0 radical (unpaired) electrons. The number of carbonyl (C=O) groups is 2. The highest BCUT2D eigenvalue weighted by atomic mass is 32.2. The number of pyridine rings is 1. The molecule has 0 bridgehead atoms. The van der Waals surface area contributed by atoms with Gasteiger partial charge >= 0.3 is 6.09 Å². The highest BCUT2D eigenvalue weighted by molar-refractivity contribution is 7.90. The summed E-state index contributed by atoms with van der Waals surface area (Å²) in [5.41, 5.74) is 2.32. The van der Waals surface area contributed by atoms with E-state index in [4.69, 9.17) is 4.74 Å². The molecule has 10 nitrogen and oxygen atoms in total. The Hall–Kier alpha value is -3.80. The first-order valence-electron chi connectivity index (χ1n) is 10.3. The lowest BCUT2D eigenvalue weighted by molar-refractivity contribution is -0.119. The van der Waals surface area contributed by atoms with Crippen LogP contribution in [0.1, 0.15) is 12.6 Å². The third kappa shape index (κ3) is 5.39. The van der Waals surface area contributed by atoms with Crippen molar-refractivity contribution in [2.45, 2.75) is 13.0 Å². The van der Waals surface area contributed by atoms with Crippen LogP contribution in [0.3, 0.4) is 0 Å². The molecular formula is C22H22FN5O5S. The van der Waals surface area contributed by atoms with Gasteiger partial charge in [0.05, 0.1) is 24.5 Å². The zero-order valence-corrected chi connectivity index (χ0v) is 19.3. The van der Waals surface area contributed by atoms with E-state index in [1.165, 1.54) is 24.1 Å². The van der Waals surface area contributed by atoms with Gasteiger partial charge in [-0.3, -0.25) is 14.7 Å². The van der Waals surface area contributed by atoms with Gasteiger partial charge in [-0.25, -0.2) is 22.6 Å². The molecule has 178 valence electrons. The Bertz CT molecular complexity index is 1400. The van der Waals surface area contributed by atoms with Gasteiger partial charge in [-0.15, -0.1) is 0 Å². The topological polar surface area (TPSA) is 122 Å². The first-order valence-corrected chi connectivity index (χ1v) is 12.3. The van der Waals surface area contributed by atoms with Gasteiger partial charge in [-0.05, 0) is 30.3 Å². The van der Waals surface area contributed by atoms with Crippen LogP contribution in [0, 0.1) is 5.82 Å². The maximum atomic E-state index is 15.0. The molecule has 12 heteroatoms. The van der Waals surface area contributed by atoms with Crippen LogP contribution in [-0.4, -0.2) is 67.3 Å². The quantitative estimate of drug-likeness (QED) is 0.509. The molecule has 1 atom stereocenters. The summed E-state index contributed by atoms with van der Waals surface area (Å²) in [5.74, 6) is -1.08. The van der Waals surface area contributed by atoms with Crippen molar-refractivity contribution in [1.82, 2.24) is 14.7 Å². The van der Waals surface area contributed by atoms with Gasteiger partial charge in [0.1, 0.15) is 23.4 Å². The van der Waals surface area contributed by atoms with E-state index in [1.54, 1.807) is 41.1 Å². The first kappa shape index (κ1) is 23.4. The summed E-state index contributed by atoms with van der Waals surface area (Å²) in [6.45, 7) is 1.75. The molecule has 34 heavy (non-hydrogen) atoms. The summed E-state index contributed by atoms with van der Waals surface area (Å²) in [6.07, 6.45) is 4.70. The number of aromatic nitrogens is 2. The first-order chi connectivity index (χ1) is 16.1. The molecule has 2 amide bonds. The summed E-state index contributed by atoms with van der Waals surface area (Å²) >= 11 is 0. The van der Waals surface area contributed by atoms with Crippen LogP contribution in [-0.2, 0) is 19.4 Å². The Morgan fingerprint density at radius 2 is 2.12 bits per heavy atom. The SMILES string of the molecule is CC(=O)NC[C@H]1CN(c2ccc(-c3ccc4nc(/C=N/CS(C)(=O)=O)cn4c3)c(F)c2)C(=O)O1. The van der Waals surface area contributed by atoms with Crippen molar-refractivity contribution in [3.05, 3.63) is 54.2 Å². The predicted molar refractivity (Wildman–Crippen MR) is 124 cm³/mol. The summed E-state index contributed by atoms with van der Waals surface area (Å²) in [5, 5.41) is 2.60. The lowest BCUT2D eigenvalue weighted by atomic mass is 10.1. The average Bonchev–Trinajstić information content (AvgIpc) is 3.33. The fourth-order valence-corrected chi connectivity index (χ4v) is 3.85. The summed E-state index contributed by atoms with van der Waals surface area (Å²) in [6, 6.07) is 7.89. The molecule has 1 saturated heterocycles. The number of anilines is 1. The molecule has 3 heterocycles. The molecular weight excluding hydrogens is 465 g/mol. The van der Waals surface area contributed by atoms with E-state index >= 15 is 4.39 Å². The molecule has 1 aromatic carbocycles. The number of hydrogen-bond acceptors (Lipinski definition) is 7. The number of imidazole rings is 1. The number of cyclic esters (lactones) is 1. The molecule has 1 N–H and O–H groups in total. The van der Waals surface area contributed by atoms with Crippen LogP contribution in [0.4, 0.5) is 14.9 Å². The summed E-state index contributed by atoms with van der Waals surface area (Å²) < 4.78 is 44.3. The number of halogens is 1. The molecule has 0 saturated carbocycles. The number of carbonyl (C=O) groups excluding carboxylic acids is 2. The minimum absolute atomic E-state index is 0.185. The fourth-order valence-electron chi connectivity index (χ4n) is 3.50. The number of aliphatic imine (C=N–C) groups is 1. The maximum Gasteiger partial charge on any atom is 0.414 e. The zero-order valence-electron chi connectivity index (χ0n) is 18.4. The molecule has 0 aliphatic carbocycles. The van der Waals surface area contributed by atoms with Crippen LogP contribution in [0.5, 0.6) is 0 Å². The van der Waals surface area contributed by atoms with Crippen LogP contribution in [0.2, 0.25) is 0 Å². The highest BCUT2D eigenvalue weighted by Crippen LogP contribution is 2.29. The molecule has 4 rings (SSSR count). The number of rotatable bonds is 7. The maximum absolute atomic E-state index is 15.0. The number of sulfone groups is 1. The number of amides is 2. The van der Waals surface area contributed by atoms with E-state index < -0.39 is 27.9 Å². The van der Waals surface area contributed by atoms with Gasteiger partial charge in [0.25, 0.3) is 0 Å². The lowest BCUT2D eigenvalue weighted by Gasteiger charge is -2.14. The van der Waals surface area contributed by atoms with Gasteiger partial charge in [-0.2, -0.15) is 0 Å². The third-order valence-electron chi connectivity index (χ3n) is 5.03. The van der Waals surface area contributed by atoms with Gasteiger partial charge in [-0.1, -0.05) is 0 Å². The molecule has 3 aromatic rings. The molecule has 2 aromatic heterocycles. The van der Waals surface area contributed by atoms with E-state index in [1.807, 2.05) is 0 Å². The Kier molecular flexibility index (Phi) is 6.33. The number of nitrogens with zero attached hydrogens (tertiary/aromatic N) is 4. The van der Waals surface area contributed by atoms with Crippen molar-refractivity contribution < 1.29 is 27.1 Å². The Balaban J connectivity index is 1.53. The minimum Gasteiger partial charge on any atom is -0.442 e. The van der Waals surface area contributed by atoms with Crippen molar-refractivity contribution >= 4 is 39.4 Å². The fraction of sp³-hybridized carbons (Fsp3) is 0.273. The number of fused-ring (bicyclic) bond motifs is 1. The molecule has 0 unspecified atom stereocenters. The van der Waals surface area contributed by atoms with E-state index in [2.05, 4.69) is 15.3 Å². The molecule has 1 aliphatic heterocycles. The van der Waals surface area contributed by atoms with Crippen molar-refractivity contribution in [3.63, 3.8) is 0 Å².